The molecule has 3 rings (SSSR count). The molecule has 0 saturated heterocycles. The van der Waals surface area contributed by atoms with Crippen LogP contribution in [0.15, 0.2) is 47.5 Å². The number of rotatable bonds is 5. The van der Waals surface area contributed by atoms with E-state index in [1.807, 2.05) is 0 Å². The van der Waals surface area contributed by atoms with Gasteiger partial charge in [0.2, 0.25) is 21.7 Å². The van der Waals surface area contributed by atoms with Crippen LogP contribution in [0.4, 0.5) is 5.69 Å². The van der Waals surface area contributed by atoms with Gasteiger partial charge in [0.25, 0.3) is 0 Å². The lowest BCUT2D eigenvalue weighted by Crippen LogP contribution is -2.09. The van der Waals surface area contributed by atoms with Crippen molar-refractivity contribution < 1.29 is 12.9 Å². The molecule has 0 aliphatic carbocycles. The molecule has 0 atom stereocenters. The van der Waals surface area contributed by atoms with Crippen LogP contribution < -0.4 is 4.72 Å². The molecule has 0 spiro atoms. The van der Waals surface area contributed by atoms with E-state index in [1.54, 1.807) is 36.7 Å². The zero-order chi connectivity index (χ0) is 16.3. The first kappa shape index (κ1) is 15.1. The normalized spacial score (nSPS) is 11.3. The minimum atomic E-state index is -3.30. The van der Waals surface area contributed by atoms with Crippen molar-refractivity contribution in [2.24, 2.45) is 0 Å². The van der Waals surface area contributed by atoms with E-state index >= 15 is 0 Å². The molecule has 23 heavy (non-hydrogen) atoms. The second-order valence-corrected chi connectivity index (χ2v) is 6.64. The highest BCUT2D eigenvalue weighted by atomic mass is 32.2. The summed E-state index contributed by atoms with van der Waals surface area (Å²) >= 11 is 0. The predicted octanol–water partition coefficient (Wildman–Crippen LogP) is 1.49. The Kier molecular flexibility index (Phi) is 4.02. The Morgan fingerprint density at radius 2 is 1.83 bits per heavy atom. The zero-order valence-electron chi connectivity index (χ0n) is 12.2. The molecule has 118 valence electrons. The molecule has 0 unspecified atom stereocenters. The van der Waals surface area contributed by atoms with Gasteiger partial charge < -0.3 is 4.52 Å². The second-order valence-electron chi connectivity index (χ2n) is 4.89. The third-order valence-corrected chi connectivity index (χ3v) is 3.49. The van der Waals surface area contributed by atoms with E-state index in [0.717, 1.165) is 17.4 Å². The molecule has 0 aliphatic heterocycles. The Bertz CT molecular complexity index is 892. The SMILES string of the molecule is CS(=O)(=O)Nc1ccc(-c2noc(Cc3cncnc3)n2)cc1. The largest absolute Gasteiger partial charge is 0.339 e. The van der Waals surface area contributed by atoms with Crippen molar-refractivity contribution >= 4 is 15.7 Å². The van der Waals surface area contributed by atoms with Gasteiger partial charge in [0.05, 0.1) is 12.7 Å². The molecule has 0 bridgehead atoms. The highest BCUT2D eigenvalue weighted by molar-refractivity contribution is 7.92. The fourth-order valence-corrected chi connectivity index (χ4v) is 2.51. The maximum atomic E-state index is 11.2. The van der Waals surface area contributed by atoms with Gasteiger partial charge in [-0.2, -0.15) is 4.98 Å². The van der Waals surface area contributed by atoms with Gasteiger partial charge in [-0.15, -0.1) is 0 Å². The lowest BCUT2D eigenvalue weighted by Gasteiger charge is -2.03. The van der Waals surface area contributed by atoms with Gasteiger partial charge in [0, 0.05) is 23.6 Å². The number of sulfonamides is 1. The van der Waals surface area contributed by atoms with Gasteiger partial charge in [0.15, 0.2) is 0 Å². The average Bonchev–Trinajstić information content (AvgIpc) is 2.96. The molecule has 0 saturated carbocycles. The van der Waals surface area contributed by atoms with Gasteiger partial charge in [-0.1, -0.05) is 5.16 Å². The summed E-state index contributed by atoms with van der Waals surface area (Å²) in [5.41, 5.74) is 2.07. The Hall–Kier alpha value is -2.81. The van der Waals surface area contributed by atoms with E-state index in [9.17, 15) is 8.42 Å². The van der Waals surface area contributed by atoms with Crippen LogP contribution in [0.5, 0.6) is 0 Å². The average molecular weight is 331 g/mol. The molecular formula is C14H13N5O3S. The minimum absolute atomic E-state index is 0.433. The standard InChI is InChI=1S/C14H13N5O3S/c1-23(20,21)19-12-4-2-11(3-5-12)14-17-13(22-18-14)6-10-7-15-9-16-8-10/h2-5,7-9,19H,6H2,1H3. The first-order valence-corrected chi connectivity index (χ1v) is 8.53. The number of benzene rings is 1. The summed E-state index contributed by atoms with van der Waals surface area (Å²) in [6, 6.07) is 6.70. The van der Waals surface area contributed by atoms with Crippen molar-refractivity contribution in [3.05, 3.63) is 54.4 Å². The molecule has 0 aliphatic rings. The lowest BCUT2D eigenvalue weighted by molar-refractivity contribution is 0.385. The molecule has 1 aromatic carbocycles. The topological polar surface area (TPSA) is 111 Å². The number of hydrogen-bond acceptors (Lipinski definition) is 7. The summed E-state index contributed by atoms with van der Waals surface area (Å²) in [6.45, 7) is 0. The number of aromatic nitrogens is 4. The maximum absolute atomic E-state index is 11.2. The monoisotopic (exact) mass is 331 g/mol. The molecule has 8 nitrogen and oxygen atoms in total. The Labute approximate surface area is 132 Å². The van der Waals surface area contributed by atoms with E-state index in [-0.39, 0.29) is 0 Å². The number of nitrogens with zero attached hydrogens (tertiary/aromatic N) is 4. The summed E-state index contributed by atoms with van der Waals surface area (Å²) in [6.07, 6.45) is 6.36. The number of nitrogens with one attached hydrogen (secondary N) is 1. The zero-order valence-corrected chi connectivity index (χ0v) is 13.0. The smallest absolute Gasteiger partial charge is 0.231 e. The summed E-state index contributed by atoms with van der Waals surface area (Å²) in [5.74, 6) is 0.885. The third kappa shape index (κ3) is 4.10. The Morgan fingerprint density at radius 3 is 2.48 bits per heavy atom. The highest BCUT2D eigenvalue weighted by Gasteiger charge is 2.10. The van der Waals surface area contributed by atoms with Crippen LogP contribution in [0.25, 0.3) is 11.4 Å². The molecular weight excluding hydrogens is 318 g/mol. The minimum Gasteiger partial charge on any atom is -0.339 e. The second kappa shape index (κ2) is 6.13. The van der Waals surface area contributed by atoms with Crippen LogP contribution >= 0.6 is 0 Å². The maximum Gasteiger partial charge on any atom is 0.231 e. The van der Waals surface area contributed by atoms with Crippen LogP contribution in [0.2, 0.25) is 0 Å². The van der Waals surface area contributed by atoms with Crippen molar-refractivity contribution in [2.75, 3.05) is 11.0 Å². The highest BCUT2D eigenvalue weighted by Crippen LogP contribution is 2.19. The van der Waals surface area contributed by atoms with Crippen LogP contribution in [-0.2, 0) is 16.4 Å². The van der Waals surface area contributed by atoms with Crippen LogP contribution in [0.3, 0.4) is 0 Å². The predicted molar refractivity (Wildman–Crippen MR) is 83.0 cm³/mol. The van der Waals surface area contributed by atoms with E-state index in [2.05, 4.69) is 24.8 Å². The lowest BCUT2D eigenvalue weighted by atomic mass is 10.2. The fraction of sp³-hybridized carbons (Fsp3) is 0.143. The summed E-state index contributed by atoms with van der Waals surface area (Å²) in [5, 5.41) is 3.92. The van der Waals surface area contributed by atoms with Gasteiger partial charge in [-0.3, -0.25) is 4.72 Å². The number of anilines is 1. The quantitative estimate of drug-likeness (QED) is 0.754. The third-order valence-electron chi connectivity index (χ3n) is 2.88. The van der Waals surface area contributed by atoms with E-state index in [1.165, 1.54) is 6.33 Å². The summed E-state index contributed by atoms with van der Waals surface area (Å²) < 4.78 is 29.9. The van der Waals surface area contributed by atoms with Crippen molar-refractivity contribution in [1.82, 2.24) is 20.1 Å². The molecule has 1 N–H and O–H groups in total. The molecule has 0 fully saturated rings. The summed E-state index contributed by atoms with van der Waals surface area (Å²) in [7, 11) is -3.30. The van der Waals surface area contributed by atoms with Gasteiger partial charge in [0.1, 0.15) is 6.33 Å². The van der Waals surface area contributed by atoms with Crippen LogP contribution in [0, 0.1) is 0 Å². The Morgan fingerprint density at radius 1 is 1.13 bits per heavy atom. The molecule has 9 heteroatoms. The molecule has 0 radical (unpaired) electrons. The molecule has 2 heterocycles. The number of hydrogen-bond donors (Lipinski definition) is 1. The summed E-state index contributed by atoms with van der Waals surface area (Å²) in [4.78, 5) is 12.2. The van der Waals surface area contributed by atoms with Gasteiger partial charge >= 0.3 is 0 Å². The van der Waals surface area contributed by atoms with Crippen molar-refractivity contribution in [3.8, 4) is 11.4 Å². The van der Waals surface area contributed by atoms with E-state index in [4.69, 9.17) is 4.52 Å². The van der Waals surface area contributed by atoms with Crippen LogP contribution in [-0.4, -0.2) is 34.8 Å². The first-order chi connectivity index (χ1) is 11.0. The fourth-order valence-electron chi connectivity index (χ4n) is 1.94. The van der Waals surface area contributed by atoms with Crippen molar-refractivity contribution in [3.63, 3.8) is 0 Å². The molecule has 0 amide bonds. The molecule has 2 aromatic heterocycles. The first-order valence-electron chi connectivity index (χ1n) is 6.64. The van der Waals surface area contributed by atoms with Crippen LogP contribution in [0.1, 0.15) is 11.5 Å². The van der Waals surface area contributed by atoms with Crippen molar-refractivity contribution in [1.29, 1.82) is 0 Å². The van der Waals surface area contributed by atoms with Crippen molar-refractivity contribution in [2.45, 2.75) is 6.42 Å². The molecule has 3 aromatic rings. The van der Waals surface area contributed by atoms with E-state index < -0.39 is 10.0 Å². The van der Waals surface area contributed by atoms with Gasteiger partial charge in [-0.25, -0.2) is 18.4 Å². The Balaban J connectivity index is 1.75. The van der Waals surface area contributed by atoms with Gasteiger partial charge in [-0.05, 0) is 29.8 Å². The van der Waals surface area contributed by atoms with E-state index in [0.29, 0.717) is 23.8 Å².